The van der Waals surface area contributed by atoms with Gasteiger partial charge in [0.2, 0.25) is 0 Å². The zero-order valence-corrected chi connectivity index (χ0v) is 11.6. The van der Waals surface area contributed by atoms with Crippen molar-refractivity contribution in [3.8, 4) is 0 Å². The van der Waals surface area contributed by atoms with Crippen LogP contribution < -0.4 is 0 Å². The van der Waals surface area contributed by atoms with E-state index < -0.39 is 0 Å². The Hall–Kier alpha value is -0.370. The summed E-state index contributed by atoms with van der Waals surface area (Å²) in [4.78, 5) is 0. The van der Waals surface area contributed by atoms with Gasteiger partial charge < -0.3 is 0 Å². The third kappa shape index (κ3) is 5.11. The Balaban J connectivity index is 2.46. The van der Waals surface area contributed by atoms with Crippen molar-refractivity contribution in [3.05, 3.63) is 35.6 Å². The lowest BCUT2D eigenvalue weighted by Crippen LogP contribution is -2.07. The fraction of sp³-hybridized carbons (Fsp3) is 0.571. The second-order valence-electron chi connectivity index (χ2n) is 4.82. The van der Waals surface area contributed by atoms with Gasteiger partial charge in [-0.05, 0) is 42.4 Å². The first-order valence-electron chi connectivity index (χ1n) is 5.92. The standard InChI is InChI=1S/C14H20BrF/c1-11(2)3-4-13(10-15)9-12-5-7-14(16)8-6-12/h5-8,11,13H,3-4,9-10H2,1-2H3. The van der Waals surface area contributed by atoms with E-state index >= 15 is 0 Å². The number of benzene rings is 1. The second-order valence-corrected chi connectivity index (χ2v) is 5.47. The average Bonchev–Trinajstić information content (AvgIpc) is 2.26. The number of hydrogen-bond acceptors (Lipinski definition) is 0. The van der Waals surface area contributed by atoms with Crippen molar-refractivity contribution in [1.82, 2.24) is 0 Å². The minimum absolute atomic E-state index is 0.152. The zero-order chi connectivity index (χ0) is 12.0. The van der Waals surface area contributed by atoms with Crippen LogP contribution in [0.3, 0.4) is 0 Å². The van der Waals surface area contributed by atoms with Crippen LogP contribution >= 0.6 is 15.9 Å². The van der Waals surface area contributed by atoms with Crippen LogP contribution in [-0.4, -0.2) is 5.33 Å². The van der Waals surface area contributed by atoms with Crippen molar-refractivity contribution < 1.29 is 4.39 Å². The maximum absolute atomic E-state index is 12.8. The van der Waals surface area contributed by atoms with Crippen LogP contribution in [0, 0.1) is 17.7 Å². The molecule has 0 radical (unpaired) electrons. The molecular weight excluding hydrogens is 267 g/mol. The molecule has 1 aromatic rings. The third-order valence-corrected chi connectivity index (χ3v) is 3.72. The Kier molecular flexibility index (Phi) is 6.04. The summed E-state index contributed by atoms with van der Waals surface area (Å²) >= 11 is 3.56. The number of rotatable bonds is 6. The summed E-state index contributed by atoms with van der Waals surface area (Å²) in [6.07, 6.45) is 3.54. The molecular formula is C14H20BrF. The van der Waals surface area contributed by atoms with Gasteiger partial charge in [-0.3, -0.25) is 0 Å². The molecule has 0 aliphatic rings. The molecule has 0 saturated heterocycles. The molecule has 0 heterocycles. The first-order valence-corrected chi connectivity index (χ1v) is 7.04. The molecule has 1 unspecified atom stereocenters. The maximum Gasteiger partial charge on any atom is 0.123 e. The van der Waals surface area contributed by atoms with Gasteiger partial charge in [-0.2, -0.15) is 0 Å². The topological polar surface area (TPSA) is 0 Å². The Morgan fingerprint density at radius 2 is 1.75 bits per heavy atom. The van der Waals surface area contributed by atoms with E-state index in [9.17, 15) is 4.39 Å². The largest absolute Gasteiger partial charge is 0.207 e. The van der Waals surface area contributed by atoms with Crippen LogP contribution in [0.2, 0.25) is 0 Å². The highest BCUT2D eigenvalue weighted by Crippen LogP contribution is 2.19. The Morgan fingerprint density at radius 3 is 2.25 bits per heavy atom. The molecule has 0 N–H and O–H groups in total. The van der Waals surface area contributed by atoms with E-state index in [-0.39, 0.29) is 5.82 Å². The number of alkyl halides is 1. The fourth-order valence-electron chi connectivity index (χ4n) is 1.76. The van der Waals surface area contributed by atoms with Crippen molar-refractivity contribution in [2.24, 2.45) is 11.8 Å². The molecule has 0 aromatic heterocycles. The molecule has 0 bridgehead atoms. The second kappa shape index (κ2) is 7.05. The van der Waals surface area contributed by atoms with Crippen molar-refractivity contribution >= 4 is 15.9 Å². The van der Waals surface area contributed by atoms with Gasteiger partial charge in [0, 0.05) is 5.33 Å². The Labute approximate surface area is 106 Å². The highest BCUT2D eigenvalue weighted by Gasteiger charge is 2.09. The normalized spacial score (nSPS) is 13.1. The SMILES string of the molecule is CC(C)CCC(CBr)Cc1ccc(F)cc1. The summed E-state index contributed by atoms with van der Waals surface area (Å²) in [5.41, 5.74) is 1.23. The van der Waals surface area contributed by atoms with Gasteiger partial charge in [0.05, 0.1) is 0 Å². The first-order chi connectivity index (χ1) is 7.61. The highest BCUT2D eigenvalue weighted by molar-refractivity contribution is 9.09. The third-order valence-electron chi connectivity index (χ3n) is 2.81. The van der Waals surface area contributed by atoms with Crippen molar-refractivity contribution in [1.29, 1.82) is 0 Å². The molecule has 0 aliphatic heterocycles. The van der Waals surface area contributed by atoms with E-state index in [0.717, 1.165) is 17.7 Å². The van der Waals surface area contributed by atoms with Crippen molar-refractivity contribution in [3.63, 3.8) is 0 Å². The molecule has 0 nitrogen and oxygen atoms in total. The summed E-state index contributed by atoms with van der Waals surface area (Å²) in [6.45, 7) is 4.51. The first kappa shape index (κ1) is 13.7. The van der Waals surface area contributed by atoms with Crippen LogP contribution in [0.4, 0.5) is 4.39 Å². The lowest BCUT2D eigenvalue weighted by Gasteiger charge is -2.15. The summed E-state index contributed by atoms with van der Waals surface area (Å²) in [7, 11) is 0. The van der Waals surface area contributed by atoms with Gasteiger partial charge >= 0.3 is 0 Å². The predicted molar refractivity (Wildman–Crippen MR) is 71.5 cm³/mol. The lowest BCUT2D eigenvalue weighted by atomic mass is 9.93. The molecule has 1 rings (SSSR count). The molecule has 2 heteroatoms. The molecule has 16 heavy (non-hydrogen) atoms. The van der Waals surface area contributed by atoms with E-state index in [2.05, 4.69) is 29.8 Å². The van der Waals surface area contributed by atoms with Crippen LogP contribution in [0.25, 0.3) is 0 Å². The van der Waals surface area contributed by atoms with E-state index in [4.69, 9.17) is 0 Å². The minimum atomic E-state index is -0.152. The van der Waals surface area contributed by atoms with Crippen LogP contribution in [-0.2, 0) is 6.42 Å². The molecule has 0 fully saturated rings. The summed E-state index contributed by atoms with van der Waals surface area (Å²) in [5.74, 6) is 1.27. The Bertz CT molecular complexity index is 292. The number of halogens is 2. The monoisotopic (exact) mass is 286 g/mol. The van der Waals surface area contributed by atoms with E-state index in [0.29, 0.717) is 5.92 Å². The molecule has 0 spiro atoms. The molecule has 1 atom stereocenters. The highest BCUT2D eigenvalue weighted by atomic mass is 79.9. The van der Waals surface area contributed by atoms with Crippen molar-refractivity contribution in [2.45, 2.75) is 33.1 Å². The van der Waals surface area contributed by atoms with Gasteiger partial charge in [0.1, 0.15) is 5.82 Å². The zero-order valence-electron chi connectivity index (χ0n) is 10.0. The fourth-order valence-corrected chi connectivity index (χ4v) is 2.31. The van der Waals surface area contributed by atoms with Crippen LogP contribution in [0.15, 0.2) is 24.3 Å². The molecule has 0 aliphatic carbocycles. The smallest absolute Gasteiger partial charge is 0.123 e. The van der Waals surface area contributed by atoms with E-state index in [1.807, 2.05) is 12.1 Å². The molecule has 1 aromatic carbocycles. The average molecular weight is 287 g/mol. The number of hydrogen-bond donors (Lipinski definition) is 0. The van der Waals surface area contributed by atoms with Gasteiger partial charge in [0.25, 0.3) is 0 Å². The van der Waals surface area contributed by atoms with Gasteiger partial charge in [-0.1, -0.05) is 48.3 Å². The van der Waals surface area contributed by atoms with Crippen LogP contribution in [0.1, 0.15) is 32.3 Å². The molecule has 0 amide bonds. The lowest BCUT2D eigenvalue weighted by molar-refractivity contribution is 0.455. The van der Waals surface area contributed by atoms with Gasteiger partial charge in [-0.15, -0.1) is 0 Å². The van der Waals surface area contributed by atoms with Gasteiger partial charge in [-0.25, -0.2) is 4.39 Å². The summed E-state index contributed by atoms with van der Waals surface area (Å²) in [6, 6.07) is 6.87. The Morgan fingerprint density at radius 1 is 1.12 bits per heavy atom. The maximum atomic E-state index is 12.8. The van der Waals surface area contributed by atoms with E-state index in [1.165, 1.54) is 18.4 Å². The quantitative estimate of drug-likeness (QED) is 0.658. The predicted octanol–water partition coefficient (Wildman–Crippen LogP) is 4.82. The summed E-state index contributed by atoms with van der Waals surface area (Å²) < 4.78 is 12.8. The van der Waals surface area contributed by atoms with E-state index in [1.54, 1.807) is 12.1 Å². The van der Waals surface area contributed by atoms with Crippen molar-refractivity contribution in [2.75, 3.05) is 5.33 Å². The molecule has 90 valence electrons. The minimum Gasteiger partial charge on any atom is -0.207 e. The van der Waals surface area contributed by atoms with Gasteiger partial charge in [0.15, 0.2) is 0 Å². The summed E-state index contributed by atoms with van der Waals surface area (Å²) in [5, 5.41) is 1.02. The van der Waals surface area contributed by atoms with Crippen LogP contribution in [0.5, 0.6) is 0 Å². The molecule has 0 saturated carbocycles.